The number of likely N-dealkylation sites (tertiary alicyclic amines) is 1. The number of hydrogen-bond acceptors (Lipinski definition) is 5. The lowest BCUT2D eigenvalue weighted by atomic mass is 9.81. The van der Waals surface area contributed by atoms with E-state index in [1.54, 1.807) is 24.1 Å². The van der Waals surface area contributed by atoms with E-state index in [-0.39, 0.29) is 29.4 Å². The molecule has 2 amide bonds. The molecular weight excluding hydrogens is 398 g/mol. The van der Waals surface area contributed by atoms with Gasteiger partial charge in [0.05, 0.1) is 12.6 Å². The van der Waals surface area contributed by atoms with Crippen LogP contribution in [0.3, 0.4) is 0 Å². The van der Waals surface area contributed by atoms with E-state index in [0.717, 1.165) is 17.7 Å². The third-order valence-corrected chi connectivity index (χ3v) is 6.77. The highest BCUT2D eigenvalue weighted by Gasteiger charge is 2.49. The maximum atomic E-state index is 13.1. The molecule has 2 aliphatic rings. The first-order valence-corrected chi connectivity index (χ1v) is 10.3. The molecule has 4 rings (SSSR count). The van der Waals surface area contributed by atoms with Crippen LogP contribution in [0.25, 0.3) is 0 Å². The van der Waals surface area contributed by atoms with Crippen molar-refractivity contribution in [3.8, 4) is 0 Å². The van der Waals surface area contributed by atoms with Crippen LogP contribution in [-0.2, 0) is 21.4 Å². The fourth-order valence-electron chi connectivity index (χ4n) is 4.20. The molecule has 0 bridgehead atoms. The number of ketones is 1. The van der Waals surface area contributed by atoms with E-state index in [1.165, 1.54) is 18.3 Å². The lowest BCUT2D eigenvalue weighted by molar-refractivity contribution is -0.127. The zero-order valence-electron chi connectivity index (χ0n) is 15.7. The summed E-state index contributed by atoms with van der Waals surface area (Å²) in [6.45, 7) is 4.82. The summed E-state index contributed by atoms with van der Waals surface area (Å²) in [4.78, 5) is 44.7. The van der Waals surface area contributed by atoms with Crippen LogP contribution in [0.1, 0.15) is 41.2 Å². The molecule has 0 radical (unpaired) electrons. The minimum absolute atomic E-state index is 0.0124. The number of benzene rings is 1. The largest absolute Gasteiger partial charge is 0.342 e. The molecule has 2 aromatic rings. The number of anilines is 1. The Labute approximate surface area is 172 Å². The quantitative estimate of drug-likeness (QED) is 0.719. The van der Waals surface area contributed by atoms with Crippen molar-refractivity contribution in [2.45, 2.75) is 32.1 Å². The van der Waals surface area contributed by atoms with E-state index in [0.29, 0.717) is 34.5 Å². The topological polar surface area (TPSA) is 70.6 Å². The molecule has 1 saturated heterocycles. The number of thiazole rings is 1. The number of halogens is 1. The van der Waals surface area contributed by atoms with Gasteiger partial charge < -0.3 is 9.80 Å². The van der Waals surface area contributed by atoms with E-state index in [2.05, 4.69) is 4.98 Å². The molecular formula is C20H20ClN3O3S. The predicted molar refractivity (Wildman–Crippen MR) is 108 cm³/mol. The van der Waals surface area contributed by atoms with Crippen LogP contribution in [0.5, 0.6) is 0 Å². The fourth-order valence-corrected chi connectivity index (χ4v) is 5.14. The van der Waals surface area contributed by atoms with Gasteiger partial charge in [-0.05, 0) is 37.1 Å². The summed E-state index contributed by atoms with van der Waals surface area (Å²) in [7, 11) is 0. The Bertz CT molecular complexity index is 989. The standard InChI is InChI=1S/C20H20ClN3O3S/c1-12(25)14-3-4-16-15(7-14)20(5-6-23(10-20)13(2)26)11-24(16)19(27)8-18-22-9-17(21)28-18/h3-4,7,9H,5-6,8,10-11H2,1-2H3. The Hall–Kier alpha value is -2.25. The second-order valence-corrected chi connectivity index (χ2v) is 9.22. The third-order valence-electron chi connectivity index (χ3n) is 5.65. The zero-order valence-corrected chi connectivity index (χ0v) is 17.3. The summed E-state index contributed by atoms with van der Waals surface area (Å²) in [5.74, 6) is -0.0362. The van der Waals surface area contributed by atoms with Gasteiger partial charge in [-0.2, -0.15) is 0 Å². The molecule has 146 valence electrons. The molecule has 3 heterocycles. The maximum absolute atomic E-state index is 13.1. The maximum Gasteiger partial charge on any atom is 0.233 e. The molecule has 1 atom stereocenters. The highest BCUT2D eigenvalue weighted by atomic mass is 35.5. The second kappa shape index (κ2) is 6.97. The van der Waals surface area contributed by atoms with Crippen LogP contribution in [0.2, 0.25) is 4.34 Å². The first-order chi connectivity index (χ1) is 13.3. The van der Waals surface area contributed by atoms with E-state index < -0.39 is 0 Å². The fraction of sp³-hybridized carbons (Fsp3) is 0.400. The van der Waals surface area contributed by atoms with Crippen LogP contribution in [0.4, 0.5) is 5.69 Å². The monoisotopic (exact) mass is 417 g/mol. The average molecular weight is 418 g/mol. The summed E-state index contributed by atoms with van der Waals surface area (Å²) in [6.07, 6.45) is 2.50. The Morgan fingerprint density at radius 1 is 1.25 bits per heavy atom. The molecule has 0 aliphatic carbocycles. The molecule has 1 fully saturated rings. The van der Waals surface area contributed by atoms with Crippen LogP contribution in [-0.4, -0.2) is 47.1 Å². The molecule has 1 aromatic carbocycles. The van der Waals surface area contributed by atoms with Gasteiger partial charge in [-0.15, -0.1) is 11.3 Å². The van der Waals surface area contributed by atoms with Crippen molar-refractivity contribution in [2.24, 2.45) is 0 Å². The lowest BCUT2D eigenvalue weighted by Crippen LogP contribution is -2.40. The van der Waals surface area contributed by atoms with Crippen molar-refractivity contribution in [3.63, 3.8) is 0 Å². The summed E-state index contributed by atoms with van der Waals surface area (Å²) < 4.78 is 0.556. The summed E-state index contributed by atoms with van der Waals surface area (Å²) in [5, 5.41) is 0.676. The normalized spacial score (nSPS) is 20.7. The van der Waals surface area contributed by atoms with E-state index >= 15 is 0 Å². The number of hydrogen-bond donors (Lipinski definition) is 0. The van der Waals surface area contributed by atoms with E-state index in [1.807, 2.05) is 17.0 Å². The smallest absolute Gasteiger partial charge is 0.233 e. The van der Waals surface area contributed by atoms with Crippen molar-refractivity contribution >= 4 is 46.2 Å². The molecule has 1 spiro atoms. The van der Waals surface area contributed by atoms with Crippen LogP contribution >= 0.6 is 22.9 Å². The molecule has 2 aliphatic heterocycles. The molecule has 1 aromatic heterocycles. The Kier molecular flexibility index (Phi) is 4.75. The average Bonchev–Trinajstić information content (AvgIpc) is 3.34. The number of rotatable bonds is 3. The van der Waals surface area contributed by atoms with E-state index in [4.69, 9.17) is 11.6 Å². The predicted octanol–water partition coefficient (Wildman–Crippen LogP) is 3.08. The second-order valence-electron chi connectivity index (χ2n) is 7.47. The minimum Gasteiger partial charge on any atom is -0.342 e. The summed E-state index contributed by atoms with van der Waals surface area (Å²) in [6, 6.07) is 5.51. The number of nitrogens with zero attached hydrogens (tertiary/aromatic N) is 3. The van der Waals surface area contributed by atoms with Gasteiger partial charge in [0.25, 0.3) is 0 Å². The van der Waals surface area contributed by atoms with Crippen LogP contribution < -0.4 is 4.90 Å². The zero-order chi connectivity index (χ0) is 20.1. The number of amides is 2. The molecule has 0 N–H and O–H groups in total. The Morgan fingerprint density at radius 2 is 2.04 bits per heavy atom. The Balaban J connectivity index is 1.70. The third kappa shape index (κ3) is 3.22. The van der Waals surface area contributed by atoms with Gasteiger partial charge in [0.1, 0.15) is 9.34 Å². The first-order valence-electron chi connectivity index (χ1n) is 9.11. The molecule has 6 nitrogen and oxygen atoms in total. The number of aromatic nitrogens is 1. The summed E-state index contributed by atoms with van der Waals surface area (Å²) in [5.41, 5.74) is 2.10. The van der Waals surface area contributed by atoms with Gasteiger partial charge in [0.15, 0.2) is 5.78 Å². The van der Waals surface area contributed by atoms with Crippen molar-refractivity contribution in [3.05, 3.63) is 44.9 Å². The minimum atomic E-state index is -0.331. The lowest BCUT2D eigenvalue weighted by Gasteiger charge is -2.25. The van der Waals surface area contributed by atoms with Crippen LogP contribution in [0.15, 0.2) is 24.4 Å². The van der Waals surface area contributed by atoms with Crippen LogP contribution in [0, 0.1) is 0 Å². The van der Waals surface area contributed by atoms with E-state index in [9.17, 15) is 14.4 Å². The van der Waals surface area contributed by atoms with Crippen molar-refractivity contribution in [2.75, 3.05) is 24.5 Å². The number of carbonyl (C=O) groups is 3. The highest BCUT2D eigenvalue weighted by molar-refractivity contribution is 7.15. The van der Waals surface area contributed by atoms with Gasteiger partial charge in [-0.25, -0.2) is 4.98 Å². The van der Waals surface area contributed by atoms with Gasteiger partial charge in [0.2, 0.25) is 11.8 Å². The first kappa shape index (κ1) is 19.1. The van der Waals surface area contributed by atoms with Crippen molar-refractivity contribution < 1.29 is 14.4 Å². The summed E-state index contributed by atoms with van der Waals surface area (Å²) >= 11 is 7.24. The Morgan fingerprint density at radius 3 is 2.64 bits per heavy atom. The molecule has 28 heavy (non-hydrogen) atoms. The molecule has 0 saturated carbocycles. The SMILES string of the molecule is CC(=O)c1ccc2c(c1)C1(CCN(C(C)=O)C1)CN2C(=O)Cc1ncc(Cl)s1. The highest BCUT2D eigenvalue weighted by Crippen LogP contribution is 2.47. The molecule has 8 heteroatoms. The number of carbonyl (C=O) groups excluding carboxylic acids is 3. The van der Waals surface area contributed by atoms with Gasteiger partial charge in [-0.3, -0.25) is 14.4 Å². The van der Waals surface area contributed by atoms with Gasteiger partial charge in [-0.1, -0.05) is 11.6 Å². The van der Waals surface area contributed by atoms with Crippen molar-refractivity contribution in [1.82, 2.24) is 9.88 Å². The van der Waals surface area contributed by atoms with Gasteiger partial charge in [0, 0.05) is 43.2 Å². The molecule has 1 unspecified atom stereocenters. The number of fused-ring (bicyclic) bond motifs is 2. The van der Waals surface area contributed by atoms with Gasteiger partial charge >= 0.3 is 0 Å². The van der Waals surface area contributed by atoms with Crippen molar-refractivity contribution in [1.29, 1.82) is 0 Å². The number of Topliss-reactive ketones (excluding diaryl/α,β-unsaturated/α-hetero) is 1.